The minimum Gasteiger partial charge on any atom is -0.478 e. The summed E-state index contributed by atoms with van der Waals surface area (Å²) in [4.78, 5) is 32.6. The molecule has 0 saturated carbocycles. The maximum atomic E-state index is 12.5. The van der Waals surface area contributed by atoms with Crippen molar-refractivity contribution in [2.24, 2.45) is 0 Å². The van der Waals surface area contributed by atoms with E-state index in [1.807, 2.05) is 6.07 Å². The van der Waals surface area contributed by atoms with Gasteiger partial charge in [0.15, 0.2) is 5.78 Å². The molecule has 2 aliphatic rings. The number of carbonyl (C=O) groups excluding carboxylic acids is 1. The minimum atomic E-state index is -1.26. The molecule has 0 atom stereocenters. The van der Waals surface area contributed by atoms with Crippen molar-refractivity contribution in [2.75, 3.05) is 13.1 Å². The van der Waals surface area contributed by atoms with Gasteiger partial charge in [0, 0.05) is 24.1 Å². The van der Waals surface area contributed by atoms with Gasteiger partial charge in [-0.1, -0.05) is 29.8 Å². The van der Waals surface area contributed by atoms with Crippen LogP contribution >= 0.6 is 11.3 Å². The molecule has 0 unspecified atom stereocenters. The van der Waals surface area contributed by atoms with Gasteiger partial charge in [0.05, 0.1) is 4.88 Å². The van der Waals surface area contributed by atoms with Gasteiger partial charge in [-0.25, -0.2) is 9.59 Å². The van der Waals surface area contributed by atoms with E-state index in [1.165, 1.54) is 22.3 Å². The highest BCUT2D eigenvalue weighted by Crippen LogP contribution is 2.39. The Balaban J connectivity index is 0.000000258. The number of hydrogen-bond acceptors (Lipinski definition) is 5. The van der Waals surface area contributed by atoms with Crippen molar-refractivity contribution in [3.63, 3.8) is 0 Å². The first kappa shape index (κ1) is 20.7. The van der Waals surface area contributed by atoms with E-state index < -0.39 is 11.9 Å². The lowest BCUT2D eigenvalue weighted by Crippen LogP contribution is -2.24. The van der Waals surface area contributed by atoms with Crippen molar-refractivity contribution in [2.45, 2.75) is 19.3 Å². The number of hydrogen-bond donors (Lipinski definition) is 3. The van der Waals surface area contributed by atoms with Crippen molar-refractivity contribution in [3.05, 3.63) is 75.0 Å². The van der Waals surface area contributed by atoms with Crippen LogP contribution in [0.2, 0.25) is 0 Å². The third kappa shape index (κ3) is 5.07. The van der Waals surface area contributed by atoms with E-state index in [0.29, 0.717) is 18.6 Å². The zero-order chi connectivity index (χ0) is 20.8. The Morgan fingerprint density at radius 1 is 0.966 bits per heavy atom. The minimum absolute atomic E-state index is 0.261. The summed E-state index contributed by atoms with van der Waals surface area (Å²) in [6, 6.07) is 10.5. The van der Waals surface area contributed by atoms with Crippen LogP contribution in [0.4, 0.5) is 0 Å². The van der Waals surface area contributed by atoms with E-state index in [-0.39, 0.29) is 5.78 Å². The maximum Gasteiger partial charge on any atom is 0.328 e. The molecule has 1 fully saturated rings. The monoisotopic (exact) mass is 411 g/mol. The number of carboxylic acids is 2. The van der Waals surface area contributed by atoms with Gasteiger partial charge in [-0.2, -0.15) is 0 Å². The highest BCUT2D eigenvalue weighted by molar-refractivity contribution is 7.12. The molecule has 0 radical (unpaired) electrons. The Kier molecular flexibility index (Phi) is 6.74. The number of nitrogens with one attached hydrogen (secondary N) is 1. The highest BCUT2D eigenvalue weighted by atomic mass is 32.1. The van der Waals surface area contributed by atoms with Crippen molar-refractivity contribution in [3.8, 4) is 0 Å². The summed E-state index contributed by atoms with van der Waals surface area (Å²) in [5, 5.41) is 21.1. The molecule has 2 aromatic rings. The van der Waals surface area contributed by atoms with Crippen molar-refractivity contribution < 1.29 is 24.6 Å². The third-order valence-corrected chi connectivity index (χ3v) is 5.71. The molecular formula is C22H21NO5S. The fraction of sp³-hybridized carbons (Fsp3) is 0.227. The standard InChI is InChI=1S/C18H17NOS.C4H4O4/c20-16-11-13-3-1-2-4-14(13)17(12-5-8-19-9-6-12)15-7-10-21-18(15)16;5-3(6)1-2-4(7)8/h1-4,7,10,19H,5-6,8-9,11H2;1-2H,(H,5,6)(H,7,8)/b;2-1+. The van der Waals surface area contributed by atoms with Gasteiger partial charge in [-0.3, -0.25) is 4.79 Å². The number of piperidine rings is 1. The second kappa shape index (κ2) is 9.45. The molecule has 1 aromatic carbocycles. The van der Waals surface area contributed by atoms with E-state index in [1.54, 1.807) is 11.3 Å². The van der Waals surface area contributed by atoms with Gasteiger partial charge in [0.1, 0.15) is 0 Å². The number of carbonyl (C=O) groups is 3. The van der Waals surface area contributed by atoms with E-state index in [4.69, 9.17) is 10.2 Å². The number of Topliss-reactive ketones (excluding diaryl/α,β-unsaturated/α-hetero) is 1. The first-order valence-corrected chi connectivity index (χ1v) is 10.1. The summed E-state index contributed by atoms with van der Waals surface area (Å²) in [6.07, 6.45) is 3.80. The quantitative estimate of drug-likeness (QED) is 0.655. The van der Waals surface area contributed by atoms with Crippen LogP contribution < -0.4 is 5.32 Å². The maximum absolute atomic E-state index is 12.5. The molecule has 0 spiro atoms. The van der Waals surface area contributed by atoms with Gasteiger partial charge in [0.2, 0.25) is 0 Å². The van der Waals surface area contributed by atoms with Crippen molar-refractivity contribution in [1.29, 1.82) is 0 Å². The Labute approximate surface area is 172 Å². The van der Waals surface area contributed by atoms with Crippen LogP contribution in [0.25, 0.3) is 5.57 Å². The second-order valence-corrected chi connectivity index (χ2v) is 7.57. The molecule has 1 aliphatic heterocycles. The largest absolute Gasteiger partial charge is 0.478 e. The van der Waals surface area contributed by atoms with Gasteiger partial charge >= 0.3 is 11.9 Å². The molecule has 1 aliphatic carbocycles. The van der Waals surface area contributed by atoms with Crippen molar-refractivity contribution in [1.82, 2.24) is 5.32 Å². The van der Waals surface area contributed by atoms with E-state index in [0.717, 1.165) is 36.4 Å². The summed E-state index contributed by atoms with van der Waals surface area (Å²) >= 11 is 1.59. The lowest BCUT2D eigenvalue weighted by atomic mass is 9.88. The SMILES string of the molecule is O=C(O)/C=C/C(=O)O.O=C1Cc2ccccc2C(=C2CCNCC2)c2ccsc21. The van der Waals surface area contributed by atoms with Crippen LogP contribution in [0, 0.1) is 0 Å². The van der Waals surface area contributed by atoms with Crippen molar-refractivity contribution >= 4 is 34.6 Å². The van der Waals surface area contributed by atoms with E-state index in [9.17, 15) is 14.4 Å². The number of thiophene rings is 1. The summed E-state index contributed by atoms with van der Waals surface area (Å²) in [7, 11) is 0. The number of fused-ring (bicyclic) bond motifs is 2. The zero-order valence-corrected chi connectivity index (χ0v) is 16.5. The summed E-state index contributed by atoms with van der Waals surface area (Å²) in [5.74, 6) is -2.25. The Bertz CT molecular complexity index is 978. The smallest absolute Gasteiger partial charge is 0.328 e. The van der Waals surface area contributed by atoms with Gasteiger partial charge in [-0.05, 0) is 54.1 Å². The Hall–Kier alpha value is -3.03. The molecule has 3 N–H and O–H groups in total. The van der Waals surface area contributed by atoms with E-state index in [2.05, 4.69) is 35.0 Å². The normalized spacial score (nSPS) is 15.8. The Morgan fingerprint density at radius 3 is 2.28 bits per heavy atom. The fourth-order valence-corrected chi connectivity index (χ4v) is 4.38. The predicted octanol–water partition coefficient (Wildman–Crippen LogP) is 3.38. The van der Waals surface area contributed by atoms with Crippen LogP contribution in [0.1, 0.15) is 39.2 Å². The number of aliphatic carboxylic acids is 2. The molecule has 150 valence electrons. The van der Waals surface area contributed by atoms with Crippen LogP contribution in [-0.2, 0) is 16.0 Å². The third-order valence-electron chi connectivity index (χ3n) is 4.75. The molecule has 2 heterocycles. The second-order valence-electron chi connectivity index (χ2n) is 6.66. The number of carboxylic acid groups (broad SMARTS) is 2. The molecule has 0 amide bonds. The lowest BCUT2D eigenvalue weighted by molar-refractivity contribution is -0.134. The Morgan fingerprint density at radius 2 is 1.62 bits per heavy atom. The van der Waals surface area contributed by atoms with Gasteiger partial charge < -0.3 is 15.5 Å². The zero-order valence-electron chi connectivity index (χ0n) is 15.7. The molecule has 1 aromatic heterocycles. The van der Waals surface area contributed by atoms with Crippen LogP contribution in [0.15, 0.2) is 53.4 Å². The molecule has 4 rings (SSSR count). The number of ketones is 1. The van der Waals surface area contributed by atoms with E-state index >= 15 is 0 Å². The molecule has 29 heavy (non-hydrogen) atoms. The molecule has 7 heteroatoms. The number of rotatable bonds is 2. The molecule has 0 bridgehead atoms. The first-order valence-electron chi connectivity index (χ1n) is 9.23. The average Bonchev–Trinajstić information content (AvgIpc) is 3.15. The average molecular weight is 411 g/mol. The topological polar surface area (TPSA) is 104 Å². The molecular weight excluding hydrogens is 390 g/mol. The first-order chi connectivity index (χ1) is 14.0. The van der Waals surface area contributed by atoms with Crippen LogP contribution in [0.3, 0.4) is 0 Å². The number of benzene rings is 1. The molecule has 6 nitrogen and oxygen atoms in total. The lowest BCUT2D eigenvalue weighted by Gasteiger charge is -2.21. The summed E-state index contributed by atoms with van der Waals surface area (Å²) in [5.41, 5.74) is 6.42. The molecule has 1 saturated heterocycles. The fourth-order valence-electron chi connectivity index (χ4n) is 3.54. The summed E-state index contributed by atoms with van der Waals surface area (Å²) in [6.45, 7) is 2.07. The van der Waals surface area contributed by atoms with Gasteiger partial charge in [-0.15, -0.1) is 11.3 Å². The van der Waals surface area contributed by atoms with Crippen LogP contribution in [0.5, 0.6) is 0 Å². The predicted molar refractivity (Wildman–Crippen MR) is 111 cm³/mol. The van der Waals surface area contributed by atoms with Crippen LogP contribution in [-0.4, -0.2) is 41.0 Å². The summed E-state index contributed by atoms with van der Waals surface area (Å²) < 4.78 is 0. The highest BCUT2D eigenvalue weighted by Gasteiger charge is 2.26. The van der Waals surface area contributed by atoms with Gasteiger partial charge in [0.25, 0.3) is 0 Å².